The minimum absolute atomic E-state index is 0.162. The number of nitrogens with two attached hydrogens (primary N) is 1. The SMILES string of the molecule is CC[C@H](Nc1cc(C)nc2c(-c3ccc(-n4cccn4)cc3OC)c(C)nn12)C(=O)O/N=C(\C)N. The molecule has 1 aromatic carbocycles. The summed E-state index contributed by atoms with van der Waals surface area (Å²) in [5.74, 6) is 0.889. The highest BCUT2D eigenvalue weighted by Gasteiger charge is 2.23. The van der Waals surface area contributed by atoms with Gasteiger partial charge in [0.1, 0.15) is 23.4 Å². The molecule has 11 heteroatoms. The number of carbonyl (C=O) groups excluding carboxylic acids is 1. The van der Waals surface area contributed by atoms with Crippen molar-refractivity contribution in [3.8, 4) is 22.6 Å². The first-order chi connectivity index (χ1) is 16.8. The number of nitrogens with zero attached hydrogens (tertiary/aromatic N) is 6. The van der Waals surface area contributed by atoms with Crippen molar-refractivity contribution in [2.24, 2.45) is 10.9 Å². The quantitative estimate of drug-likeness (QED) is 0.171. The lowest BCUT2D eigenvalue weighted by atomic mass is 10.0. The largest absolute Gasteiger partial charge is 0.496 e. The van der Waals surface area contributed by atoms with Crippen LogP contribution >= 0.6 is 0 Å². The standard InChI is InChI=1S/C24H28N8O3/c1-6-19(24(33)35-30-16(4)25)28-21-12-14(2)27-23-22(15(3)29-32(21)23)18-9-8-17(13-20(18)34-5)31-11-7-10-26-31/h7-13,19,28H,6H2,1-5H3,(H2,25,30)/t19-/m0/s1. The van der Waals surface area contributed by atoms with E-state index < -0.39 is 12.0 Å². The fourth-order valence-electron chi connectivity index (χ4n) is 3.80. The number of methoxy groups -OCH3 is 1. The molecule has 0 amide bonds. The van der Waals surface area contributed by atoms with E-state index in [2.05, 4.69) is 15.6 Å². The topological polar surface area (TPSA) is 134 Å². The van der Waals surface area contributed by atoms with E-state index in [0.717, 1.165) is 28.2 Å². The highest BCUT2D eigenvalue weighted by Crippen LogP contribution is 2.37. The maximum Gasteiger partial charge on any atom is 0.357 e. The summed E-state index contributed by atoms with van der Waals surface area (Å²) in [6.45, 7) is 7.21. The molecule has 0 saturated carbocycles. The Morgan fingerprint density at radius 3 is 2.74 bits per heavy atom. The zero-order valence-electron chi connectivity index (χ0n) is 20.3. The number of anilines is 1. The Labute approximate surface area is 202 Å². The van der Waals surface area contributed by atoms with Crippen LogP contribution in [0.4, 0.5) is 5.82 Å². The van der Waals surface area contributed by atoms with Crippen molar-refractivity contribution in [3.05, 3.63) is 54.1 Å². The number of carbonyl (C=O) groups is 1. The van der Waals surface area contributed by atoms with Crippen LogP contribution in [-0.2, 0) is 9.63 Å². The lowest BCUT2D eigenvalue weighted by Crippen LogP contribution is -2.31. The highest BCUT2D eigenvalue weighted by atomic mass is 16.7. The fraction of sp³-hybridized carbons (Fsp3) is 0.292. The van der Waals surface area contributed by atoms with Crippen molar-refractivity contribution >= 4 is 23.3 Å². The average molecular weight is 477 g/mol. The second kappa shape index (κ2) is 9.84. The third-order valence-electron chi connectivity index (χ3n) is 5.41. The molecule has 3 heterocycles. The summed E-state index contributed by atoms with van der Waals surface area (Å²) >= 11 is 0. The summed E-state index contributed by atoms with van der Waals surface area (Å²) in [5, 5.41) is 15.8. The molecule has 3 aromatic heterocycles. The van der Waals surface area contributed by atoms with Crippen LogP contribution in [0.2, 0.25) is 0 Å². The number of fused-ring (bicyclic) bond motifs is 1. The van der Waals surface area contributed by atoms with Gasteiger partial charge < -0.3 is 20.6 Å². The summed E-state index contributed by atoms with van der Waals surface area (Å²) < 4.78 is 9.18. The van der Waals surface area contributed by atoms with Crippen LogP contribution in [0, 0.1) is 13.8 Å². The van der Waals surface area contributed by atoms with E-state index in [4.69, 9.17) is 25.4 Å². The predicted octanol–water partition coefficient (Wildman–Crippen LogP) is 3.23. The molecule has 3 N–H and O–H groups in total. The second-order valence-corrected chi connectivity index (χ2v) is 8.06. The van der Waals surface area contributed by atoms with Crippen molar-refractivity contribution in [1.82, 2.24) is 24.4 Å². The number of hydrogen-bond acceptors (Lipinski definition) is 8. The first-order valence-corrected chi connectivity index (χ1v) is 11.1. The van der Waals surface area contributed by atoms with Crippen molar-refractivity contribution in [2.75, 3.05) is 12.4 Å². The number of rotatable bonds is 8. The summed E-state index contributed by atoms with van der Waals surface area (Å²) in [4.78, 5) is 22.2. The molecular weight excluding hydrogens is 448 g/mol. The summed E-state index contributed by atoms with van der Waals surface area (Å²) in [6, 6.07) is 8.89. The van der Waals surface area contributed by atoms with Gasteiger partial charge in [-0.2, -0.15) is 14.7 Å². The Morgan fingerprint density at radius 1 is 1.29 bits per heavy atom. The van der Waals surface area contributed by atoms with Crippen LogP contribution < -0.4 is 15.8 Å². The zero-order valence-corrected chi connectivity index (χ0v) is 20.3. The molecule has 0 aliphatic rings. The third kappa shape index (κ3) is 4.79. The number of aryl methyl sites for hydroxylation is 2. The van der Waals surface area contributed by atoms with Gasteiger partial charge in [-0.05, 0) is 45.4 Å². The highest BCUT2D eigenvalue weighted by molar-refractivity contribution is 5.86. The number of aromatic nitrogens is 5. The average Bonchev–Trinajstić information content (AvgIpc) is 3.48. The molecule has 0 aliphatic carbocycles. The molecule has 0 spiro atoms. The van der Waals surface area contributed by atoms with Gasteiger partial charge in [0.2, 0.25) is 0 Å². The van der Waals surface area contributed by atoms with E-state index in [1.165, 1.54) is 0 Å². The van der Waals surface area contributed by atoms with E-state index in [1.807, 2.05) is 57.3 Å². The first-order valence-electron chi connectivity index (χ1n) is 11.1. The van der Waals surface area contributed by atoms with Gasteiger partial charge in [0.25, 0.3) is 0 Å². The van der Waals surface area contributed by atoms with Crippen LogP contribution in [0.25, 0.3) is 22.5 Å². The molecule has 1 atom stereocenters. The summed E-state index contributed by atoms with van der Waals surface area (Å²) in [5.41, 5.74) is 10.2. The second-order valence-electron chi connectivity index (χ2n) is 8.06. The molecule has 35 heavy (non-hydrogen) atoms. The van der Waals surface area contributed by atoms with E-state index in [-0.39, 0.29) is 5.84 Å². The summed E-state index contributed by atoms with van der Waals surface area (Å²) in [7, 11) is 1.63. The Balaban J connectivity index is 1.78. The Morgan fingerprint density at radius 2 is 2.09 bits per heavy atom. The van der Waals surface area contributed by atoms with Crippen LogP contribution in [-0.4, -0.2) is 49.3 Å². The Bertz CT molecular complexity index is 1390. The van der Waals surface area contributed by atoms with Gasteiger partial charge >= 0.3 is 5.97 Å². The fourth-order valence-corrected chi connectivity index (χ4v) is 3.80. The van der Waals surface area contributed by atoms with Crippen molar-refractivity contribution in [1.29, 1.82) is 0 Å². The van der Waals surface area contributed by atoms with E-state index >= 15 is 0 Å². The molecule has 4 rings (SSSR count). The van der Waals surface area contributed by atoms with Crippen molar-refractivity contribution < 1.29 is 14.4 Å². The van der Waals surface area contributed by atoms with Crippen molar-refractivity contribution in [2.45, 2.75) is 40.2 Å². The maximum atomic E-state index is 12.5. The first kappa shape index (κ1) is 23.7. The van der Waals surface area contributed by atoms with E-state index in [9.17, 15) is 4.79 Å². The smallest absolute Gasteiger partial charge is 0.357 e. The van der Waals surface area contributed by atoms with Gasteiger partial charge in [0, 0.05) is 35.8 Å². The van der Waals surface area contributed by atoms with Gasteiger partial charge in [0.05, 0.1) is 24.1 Å². The van der Waals surface area contributed by atoms with E-state index in [0.29, 0.717) is 23.6 Å². The Kier molecular flexibility index (Phi) is 6.67. The number of oxime groups is 1. The van der Waals surface area contributed by atoms with Gasteiger partial charge in [-0.25, -0.2) is 14.5 Å². The minimum Gasteiger partial charge on any atom is -0.496 e. The predicted molar refractivity (Wildman–Crippen MR) is 133 cm³/mol. The maximum absolute atomic E-state index is 12.5. The molecule has 11 nitrogen and oxygen atoms in total. The molecule has 0 fully saturated rings. The van der Waals surface area contributed by atoms with Crippen LogP contribution in [0.1, 0.15) is 31.7 Å². The number of hydrogen-bond donors (Lipinski definition) is 2. The van der Waals surface area contributed by atoms with Crippen molar-refractivity contribution in [3.63, 3.8) is 0 Å². The number of amidine groups is 1. The number of benzene rings is 1. The molecule has 0 unspecified atom stereocenters. The van der Waals surface area contributed by atoms with Crippen LogP contribution in [0.3, 0.4) is 0 Å². The van der Waals surface area contributed by atoms with Gasteiger partial charge in [0.15, 0.2) is 5.65 Å². The molecule has 0 bridgehead atoms. The van der Waals surface area contributed by atoms with Crippen LogP contribution in [0.5, 0.6) is 5.75 Å². The Hall–Kier alpha value is -4.41. The molecule has 4 aromatic rings. The zero-order chi connectivity index (χ0) is 25.1. The lowest BCUT2D eigenvalue weighted by molar-refractivity contribution is -0.144. The lowest BCUT2D eigenvalue weighted by Gasteiger charge is -2.16. The number of nitrogens with one attached hydrogen (secondary N) is 1. The van der Waals surface area contributed by atoms with Gasteiger partial charge in [-0.3, -0.25) is 0 Å². The minimum atomic E-state index is -0.654. The molecule has 0 saturated heterocycles. The van der Waals surface area contributed by atoms with E-state index in [1.54, 1.807) is 29.4 Å². The molecule has 182 valence electrons. The van der Waals surface area contributed by atoms with Gasteiger partial charge in [-0.1, -0.05) is 12.1 Å². The third-order valence-corrected chi connectivity index (χ3v) is 5.41. The number of ether oxygens (including phenoxy) is 1. The van der Waals surface area contributed by atoms with Crippen LogP contribution in [0.15, 0.2) is 47.9 Å². The summed E-state index contributed by atoms with van der Waals surface area (Å²) in [6.07, 6.45) is 4.06. The monoisotopic (exact) mass is 476 g/mol. The van der Waals surface area contributed by atoms with Gasteiger partial charge in [-0.15, -0.1) is 0 Å². The molecule has 0 radical (unpaired) electrons. The molecular formula is C24H28N8O3. The molecule has 0 aliphatic heterocycles. The normalized spacial score (nSPS) is 12.5.